The third-order valence-electron chi connectivity index (χ3n) is 5.72. The molecule has 1 aliphatic heterocycles. The van der Waals surface area contributed by atoms with Crippen LogP contribution in [0.4, 0.5) is 5.69 Å². The number of carbonyl (C=O) groups excluding carboxylic acids is 1. The van der Waals surface area contributed by atoms with Crippen molar-refractivity contribution in [2.45, 2.75) is 34.3 Å². The van der Waals surface area contributed by atoms with Gasteiger partial charge in [-0.15, -0.1) is 0 Å². The van der Waals surface area contributed by atoms with Crippen LogP contribution in [0, 0.1) is 19.8 Å². The average Bonchev–Trinajstić information content (AvgIpc) is 2.75. The fraction of sp³-hybridized carbons (Fsp3) is 0.480. The lowest BCUT2D eigenvalue weighted by Crippen LogP contribution is -2.49. The molecule has 0 aliphatic carbocycles. The summed E-state index contributed by atoms with van der Waals surface area (Å²) in [6, 6.07) is 12.1. The molecule has 1 heterocycles. The van der Waals surface area contributed by atoms with Crippen molar-refractivity contribution in [3.05, 3.63) is 58.7 Å². The predicted molar refractivity (Wildman–Crippen MR) is 122 cm³/mol. The maximum Gasteiger partial charge on any atom is 0.253 e. The zero-order valence-corrected chi connectivity index (χ0v) is 18.9. The molecule has 1 saturated heterocycles. The molecule has 1 amide bonds. The first-order valence-corrected chi connectivity index (χ1v) is 10.8. The minimum atomic E-state index is 0.0726. The fourth-order valence-corrected chi connectivity index (χ4v) is 3.84. The molecule has 0 radical (unpaired) electrons. The van der Waals surface area contributed by atoms with Crippen LogP contribution in [0.15, 0.2) is 36.4 Å². The van der Waals surface area contributed by atoms with Crippen LogP contribution in [-0.4, -0.2) is 50.7 Å². The van der Waals surface area contributed by atoms with Gasteiger partial charge >= 0.3 is 0 Å². The number of amides is 1. The highest BCUT2D eigenvalue weighted by Gasteiger charge is 2.24. The van der Waals surface area contributed by atoms with Crippen molar-refractivity contribution < 1.29 is 14.3 Å². The van der Waals surface area contributed by atoms with Crippen LogP contribution in [0.1, 0.15) is 40.9 Å². The Balaban J connectivity index is 1.66. The lowest BCUT2D eigenvalue weighted by molar-refractivity contribution is 0.0745. The summed E-state index contributed by atoms with van der Waals surface area (Å²) in [6.45, 7) is 12.8. The summed E-state index contributed by atoms with van der Waals surface area (Å²) in [4.78, 5) is 17.5. The number of nitrogens with zero attached hydrogens (tertiary/aromatic N) is 2. The molecular weight excluding hydrogens is 376 g/mol. The monoisotopic (exact) mass is 410 g/mol. The molecule has 30 heavy (non-hydrogen) atoms. The Labute approximate surface area is 180 Å². The smallest absolute Gasteiger partial charge is 0.253 e. The number of anilines is 1. The first kappa shape index (κ1) is 22.2. The Bertz CT molecular complexity index is 871. The third kappa shape index (κ3) is 5.14. The molecule has 1 aliphatic rings. The number of benzene rings is 2. The van der Waals surface area contributed by atoms with Crippen molar-refractivity contribution >= 4 is 11.6 Å². The molecule has 1 fully saturated rings. The molecule has 0 unspecified atom stereocenters. The second kappa shape index (κ2) is 9.98. The van der Waals surface area contributed by atoms with Gasteiger partial charge in [-0.2, -0.15) is 0 Å². The van der Waals surface area contributed by atoms with Crippen molar-refractivity contribution in [3.63, 3.8) is 0 Å². The van der Waals surface area contributed by atoms with Gasteiger partial charge in [-0.25, -0.2) is 0 Å². The van der Waals surface area contributed by atoms with Gasteiger partial charge < -0.3 is 19.3 Å². The van der Waals surface area contributed by atoms with Crippen molar-refractivity contribution in [1.29, 1.82) is 0 Å². The van der Waals surface area contributed by atoms with Gasteiger partial charge in [0.15, 0.2) is 0 Å². The van der Waals surface area contributed by atoms with Crippen LogP contribution < -0.4 is 9.64 Å². The van der Waals surface area contributed by atoms with Gasteiger partial charge in [0.1, 0.15) is 5.75 Å². The van der Waals surface area contributed by atoms with Crippen LogP contribution in [0.2, 0.25) is 0 Å². The SMILES string of the molecule is COc1ccc(C(=O)N2CCN(c3cccc(C)c3C)CC2)cc1COCC(C)C. The molecule has 0 saturated carbocycles. The minimum Gasteiger partial charge on any atom is -0.496 e. The van der Waals surface area contributed by atoms with Gasteiger partial charge in [0.2, 0.25) is 0 Å². The van der Waals surface area contributed by atoms with Gasteiger partial charge in [-0.05, 0) is 55.2 Å². The summed E-state index contributed by atoms with van der Waals surface area (Å²) in [6.07, 6.45) is 0. The van der Waals surface area contributed by atoms with E-state index < -0.39 is 0 Å². The number of rotatable bonds is 7. The normalized spacial score (nSPS) is 14.3. The molecule has 5 nitrogen and oxygen atoms in total. The van der Waals surface area contributed by atoms with Gasteiger partial charge in [-0.1, -0.05) is 26.0 Å². The van der Waals surface area contributed by atoms with Crippen LogP contribution in [0.3, 0.4) is 0 Å². The van der Waals surface area contributed by atoms with Gasteiger partial charge in [0.25, 0.3) is 5.91 Å². The fourth-order valence-electron chi connectivity index (χ4n) is 3.84. The molecule has 3 rings (SSSR count). The third-order valence-corrected chi connectivity index (χ3v) is 5.72. The van der Waals surface area contributed by atoms with E-state index in [4.69, 9.17) is 9.47 Å². The number of piperazine rings is 1. The van der Waals surface area contributed by atoms with Crippen LogP contribution >= 0.6 is 0 Å². The van der Waals surface area contributed by atoms with Crippen LogP contribution in [0.25, 0.3) is 0 Å². The zero-order chi connectivity index (χ0) is 21.7. The highest BCUT2D eigenvalue weighted by atomic mass is 16.5. The quantitative estimate of drug-likeness (QED) is 0.676. The van der Waals surface area contributed by atoms with E-state index >= 15 is 0 Å². The minimum absolute atomic E-state index is 0.0726. The van der Waals surface area contributed by atoms with Crippen molar-refractivity contribution in [1.82, 2.24) is 4.90 Å². The summed E-state index contributed by atoms with van der Waals surface area (Å²) in [5.74, 6) is 1.30. The number of hydrogen-bond donors (Lipinski definition) is 0. The van der Waals surface area contributed by atoms with Gasteiger partial charge in [-0.3, -0.25) is 4.79 Å². The van der Waals surface area contributed by atoms with E-state index in [1.165, 1.54) is 16.8 Å². The van der Waals surface area contributed by atoms with Gasteiger partial charge in [0.05, 0.1) is 13.7 Å². The largest absolute Gasteiger partial charge is 0.496 e. The van der Waals surface area contributed by atoms with E-state index in [1.54, 1.807) is 7.11 Å². The lowest BCUT2D eigenvalue weighted by atomic mass is 10.1. The second-order valence-corrected chi connectivity index (χ2v) is 8.43. The summed E-state index contributed by atoms with van der Waals surface area (Å²) in [7, 11) is 1.65. The van der Waals surface area contributed by atoms with E-state index in [9.17, 15) is 4.79 Å². The standard InChI is InChI=1S/C25H34N2O3/c1-18(2)16-30-17-22-15-21(9-10-24(22)29-5)25(28)27-13-11-26(12-14-27)23-8-6-7-19(3)20(23)4/h6-10,15,18H,11-14,16-17H2,1-5H3. The number of carbonyl (C=O) groups is 1. The number of hydrogen-bond acceptors (Lipinski definition) is 4. The predicted octanol–water partition coefficient (Wildman–Crippen LogP) is 4.45. The van der Waals surface area contributed by atoms with E-state index in [2.05, 4.69) is 50.8 Å². The average molecular weight is 411 g/mol. The number of ether oxygens (including phenoxy) is 2. The van der Waals surface area contributed by atoms with E-state index in [-0.39, 0.29) is 5.91 Å². The van der Waals surface area contributed by atoms with E-state index in [0.29, 0.717) is 24.7 Å². The molecule has 0 bridgehead atoms. The Kier molecular flexibility index (Phi) is 7.38. The molecule has 5 heteroatoms. The molecule has 2 aromatic carbocycles. The first-order chi connectivity index (χ1) is 14.4. The van der Waals surface area contributed by atoms with Crippen molar-refractivity contribution in [2.24, 2.45) is 5.92 Å². The van der Waals surface area contributed by atoms with Crippen LogP contribution in [-0.2, 0) is 11.3 Å². The molecule has 0 spiro atoms. The zero-order valence-electron chi connectivity index (χ0n) is 18.9. The summed E-state index contributed by atoms with van der Waals surface area (Å²) >= 11 is 0. The summed E-state index contributed by atoms with van der Waals surface area (Å²) in [5.41, 5.74) is 5.50. The highest BCUT2D eigenvalue weighted by molar-refractivity contribution is 5.94. The van der Waals surface area contributed by atoms with E-state index in [0.717, 1.165) is 37.5 Å². The molecule has 0 N–H and O–H groups in total. The number of aryl methyl sites for hydroxylation is 1. The second-order valence-electron chi connectivity index (χ2n) is 8.43. The summed E-state index contributed by atoms with van der Waals surface area (Å²) < 4.78 is 11.2. The van der Waals surface area contributed by atoms with Gasteiger partial charge in [0, 0.05) is 49.6 Å². The number of methoxy groups -OCH3 is 1. The lowest BCUT2D eigenvalue weighted by Gasteiger charge is -2.37. The van der Waals surface area contributed by atoms with Crippen molar-refractivity contribution in [2.75, 3.05) is 44.8 Å². The molecular formula is C25H34N2O3. The molecule has 0 aromatic heterocycles. The van der Waals surface area contributed by atoms with Crippen molar-refractivity contribution in [3.8, 4) is 5.75 Å². The molecule has 162 valence electrons. The van der Waals surface area contributed by atoms with E-state index in [1.807, 2.05) is 23.1 Å². The molecule has 0 atom stereocenters. The summed E-state index contributed by atoms with van der Waals surface area (Å²) in [5, 5.41) is 0. The Morgan fingerprint density at radius 2 is 1.80 bits per heavy atom. The maximum atomic E-state index is 13.1. The van der Waals surface area contributed by atoms with Crippen LogP contribution in [0.5, 0.6) is 5.75 Å². The Hall–Kier alpha value is -2.53. The Morgan fingerprint density at radius 3 is 2.47 bits per heavy atom. The topological polar surface area (TPSA) is 42.0 Å². The first-order valence-electron chi connectivity index (χ1n) is 10.8. The molecule has 2 aromatic rings. The Morgan fingerprint density at radius 1 is 1.07 bits per heavy atom. The maximum absolute atomic E-state index is 13.1. The highest BCUT2D eigenvalue weighted by Crippen LogP contribution is 2.25.